The molecule has 1 aromatic heterocycles. The summed E-state index contributed by atoms with van der Waals surface area (Å²) in [4.78, 5) is 15.7. The number of hydrogen-bond donors (Lipinski definition) is 1. The first-order chi connectivity index (χ1) is 8.59. The van der Waals surface area contributed by atoms with Crippen LogP contribution in [0.3, 0.4) is 0 Å². The van der Waals surface area contributed by atoms with E-state index in [4.69, 9.17) is 0 Å². The number of carbonyl (C=O) groups excluding carboxylic acids is 1. The van der Waals surface area contributed by atoms with Crippen molar-refractivity contribution in [1.29, 1.82) is 0 Å². The number of pyridine rings is 1. The Kier molecular flexibility index (Phi) is 3.63. The van der Waals surface area contributed by atoms with Gasteiger partial charge in [-0.1, -0.05) is 6.92 Å². The van der Waals surface area contributed by atoms with Crippen LogP contribution in [-0.4, -0.2) is 43.2 Å². The van der Waals surface area contributed by atoms with Gasteiger partial charge in [0.15, 0.2) is 5.03 Å². The second kappa shape index (κ2) is 5.03. The van der Waals surface area contributed by atoms with Crippen LogP contribution < -0.4 is 5.32 Å². The third-order valence-electron chi connectivity index (χ3n) is 2.68. The van der Waals surface area contributed by atoms with E-state index in [1.54, 1.807) is 6.07 Å². The highest BCUT2D eigenvalue weighted by molar-refractivity contribution is 7.90. The molecule has 0 saturated carbocycles. The monoisotopic (exact) mass is 269 g/mol. The summed E-state index contributed by atoms with van der Waals surface area (Å²) in [5.74, 6) is -0.489. The van der Waals surface area contributed by atoms with E-state index in [1.165, 1.54) is 12.3 Å². The molecule has 2 heterocycles. The summed E-state index contributed by atoms with van der Waals surface area (Å²) >= 11 is 0. The maximum atomic E-state index is 12.1. The van der Waals surface area contributed by atoms with E-state index >= 15 is 0 Å². The Morgan fingerprint density at radius 1 is 1.39 bits per heavy atom. The molecule has 98 valence electrons. The van der Waals surface area contributed by atoms with Crippen molar-refractivity contribution in [3.05, 3.63) is 23.9 Å². The molecule has 0 fully saturated rings. The molecule has 6 nitrogen and oxygen atoms in total. The standard InChI is InChI=1S/C11H15N3O3S/c1-2-5-12-7-8-14-11(15)9-4-3-6-13-10(9)18(14,16)17/h3-4,6,12H,2,5,7-8H2,1H3. The van der Waals surface area contributed by atoms with Crippen molar-refractivity contribution in [2.24, 2.45) is 0 Å². The zero-order valence-electron chi connectivity index (χ0n) is 10.1. The summed E-state index contributed by atoms with van der Waals surface area (Å²) < 4.78 is 25.0. The first-order valence-electron chi connectivity index (χ1n) is 5.82. The fourth-order valence-corrected chi connectivity index (χ4v) is 3.30. The summed E-state index contributed by atoms with van der Waals surface area (Å²) in [6.07, 6.45) is 2.34. The van der Waals surface area contributed by atoms with Crippen molar-refractivity contribution < 1.29 is 13.2 Å². The van der Waals surface area contributed by atoms with E-state index in [1.807, 2.05) is 6.92 Å². The predicted molar refractivity (Wildman–Crippen MR) is 65.6 cm³/mol. The Bertz CT molecular complexity index is 556. The molecule has 0 unspecified atom stereocenters. The second-order valence-electron chi connectivity index (χ2n) is 3.99. The van der Waals surface area contributed by atoms with Gasteiger partial charge in [0.25, 0.3) is 15.9 Å². The minimum Gasteiger partial charge on any atom is -0.315 e. The Morgan fingerprint density at radius 3 is 2.83 bits per heavy atom. The number of carbonyl (C=O) groups is 1. The summed E-state index contributed by atoms with van der Waals surface area (Å²) in [7, 11) is -3.75. The number of aromatic nitrogens is 1. The summed E-state index contributed by atoms with van der Waals surface area (Å²) in [5.41, 5.74) is 0.160. The van der Waals surface area contributed by atoms with E-state index in [0.717, 1.165) is 17.3 Å². The van der Waals surface area contributed by atoms with E-state index in [-0.39, 0.29) is 17.1 Å². The van der Waals surface area contributed by atoms with Crippen molar-refractivity contribution in [3.8, 4) is 0 Å². The van der Waals surface area contributed by atoms with Crippen LogP contribution in [0.15, 0.2) is 23.4 Å². The van der Waals surface area contributed by atoms with Crippen LogP contribution >= 0.6 is 0 Å². The lowest BCUT2D eigenvalue weighted by atomic mass is 10.3. The van der Waals surface area contributed by atoms with E-state index in [0.29, 0.717) is 6.54 Å². The minimum absolute atomic E-state index is 0.134. The Labute approximate surface area is 106 Å². The summed E-state index contributed by atoms with van der Waals surface area (Å²) in [6.45, 7) is 3.40. The van der Waals surface area contributed by atoms with Gasteiger partial charge in [-0.15, -0.1) is 0 Å². The van der Waals surface area contributed by atoms with Crippen LogP contribution in [0.4, 0.5) is 0 Å². The van der Waals surface area contributed by atoms with Gasteiger partial charge in [0, 0.05) is 12.7 Å². The fraction of sp³-hybridized carbons (Fsp3) is 0.455. The minimum atomic E-state index is -3.75. The molecule has 0 aliphatic carbocycles. The SMILES string of the molecule is CCCNCCN1C(=O)c2cccnc2S1(=O)=O. The number of fused-ring (bicyclic) bond motifs is 1. The first kappa shape index (κ1) is 13.0. The third kappa shape index (κ3) is 2.11. The normalized spacial score (nSPS) is 16.9. The van der Waals surface area contributed by atoms with Crippen LogP contribution in [0.5, 0.6) is 0 Å². The molecule has 0 spiro atoms. The molecule has 1 aliphatic rings. The molecule has 1 N–H and O–H groups in total. The number of sulfonamides is 1. The van der Waals surface area contributed by atoms with Gasteiger partial charge in [-0.25, -0.2) is 9.29 Å². The molecule has 1 amide bonds. The number of hydrogen-bond acceptors (Lipinski definition) is 5. The van der Waals surface area contributed by atoms with Gasteiger partial charge in [-0.05, 0) is 25.1 Å². The zero-order valence-corrected chi connectivity index (χ0v) is 10.9. The van der Waals surface area contributed by atoms with Crippen LogP contribution in [0.2, 0.25) is 0 Å². The molecule has 2 rings (SSSR count). The van der Waals surface area contributed by atoms with E-state index in [9.17, 15) is 13.2 Å². The molecule has 1 aromatic rings. The Balaban J connectivity index is 2.18. The quantitative estimate of drug-likeness (QED) is 0.774. The van der Waals surface area contributed by atoms with Gasteiger partial charge in [0.1, 0.15) is 0 Å². The molecule has 0 bridgehead atoms. The topological polar surface area (TPSA) is 79.4 Å². The largest absolute Gasteiger partial charge is 0.315 e. The fourth-order valence-electron chi connectivity index (χ4n) is 1.81. The number of nitrogens with zero attached hydrogens (tertiary/aromatic N) is 2. The average molecular weight is 269 g/mol. The smallest absolute Gasteiger partial charge is 0.285 e. The van der Waals surface area contributed by atoms with Crippen molar-refractivity contribution >= 4 is 15.9 Å². The number of amides is 1. The maximum Gasteiger partial charge on any atom is 0.285 e. The summed E-state index contributed by atoms with van der Waals surface area (Å²) in [5, 5.41) is 2.93. The molecular weight excluding hydrogens is 254 g/mol. The van der Waals surface area contributed by atoms with Gasteiger partial charge in [-0.2, -0.15) is 8.42 Å². The summed E-state index contributed by atoms with van der Waals surface area (Å²) in [6, 6.07) is 3.05. The third-order valence-corrected chi connectivity index (χ3v) is 4.42. The predicted octanol–water partition coefficient (Wildman–Crippen LogP) is 0.226. The van der Waals surface area contributed by atoms with Crippen molar-refractivity contribution in [1.82, 2.24) is 14.6 Å². The number of rotatable bonds is 5. The lowest BCUT2D eigenvalue weighted by molar-refractivity contribution is 0.0871. The molecule has 18 heavy (non-hydrogen) atoms. The zero-order chi connectivity index (χ0) is 13.2. The van der Waals surface area contributed by atoms with Crippen molar-refractivity contribution in [3.63, 3.8) is 0 Å². The van der Waals surface area contributed by atoms with Gasteiger partial charge in [0.2, 0.25) is 0 Å². The molecule has 0 radical (unpaired) electrons. The molecule has 7 heteroatoms. The van der Waals surface area contributed by atoms with Crippen molar-refractivity contribution in [2.45, 2.75) is 18.4 Å². The molecular formula is C11H15N3O3S. The lowest BCUT2D eigenvalue weighted by Gasteiger charge is -2.14. The number of nitrogens with one attached hydrogen (secondary N) is 1. The van der Waals surface area contributed by atoms with Gasteiger partial charge >= 0.3 is 0 Å². The van der Waals surface area contributed by atoms with Gasteiger partial charge in [0.05, 0.1) is 12.1 Å². The molecule has 0 aromatic carbocycles. The van der Waals surface area contributed by atoms with Crippen molar-refractivity contribution in [2.75, 3.05) is 19.6 Å². The van der Waals surface area contributed by atoms with E-state index < -0.39 is 15.9 Å². The molecule has 1 aliphatic heterocycles. The molecule has 0 saturated heterocycles. The van der Waals surface area contributed by atoms with Gasteiger partial charge in [-0.3, -0.25) is 4.79 Å². The Morgan fingerprint density at radius 2 is 2.17 bits per heavy atom. The van der Waals surface area contributed by atoms with E-state index in [2.05, 4.69) is 10.3 Å². The Hall–Kier alpha value is -1.47. The molecule has 0 atom stereocenters. The van der Waals surface area contributed by atoms with Crippen LogP contribution in [0.1, 0.15) is 23.7 Å². The first-order valence-corrected chi connectivity index (χ1v) is 7.26. The second-order valence-corrected chi connectivity index (χ2v) is 5.77. The van der Waals surface area contributed by atoms with Crippen LogP contribution in [0, 0.1) is 0 Å². The lowest BCUT2D eigenvalue weighted by Crippen LogP contribution is -2.36. The van der Waals surface area contributed by atoms with Crippen LogP contribution in [-0.2, 0) is 10.0 Å². The highest BCUT2D eigenvalue weighted by Gasteiger charge is 2.41. The van der Waals surface area contributed by atoms with Gasteiger partial charge < -0.3 is 5.32 Å². The van der Waals surface area contributed by atoms with Crippen LogP contribution in [0.25, 0.3) is 0 Å². The maximum absolute atomic E-state index is 12.1. The highest BCUT2D eigenvalue weighted by Crippen LogP contribution is 2.27. The average Bonchev–Trinajstić information content (AvgIpc) is 2.55. The highest BCUT2D eigenvalue weighted by atomic mass is 32.2.